The molecule has 4 N–H and O–H groups in total. The van der Waals surface area contributed by atoms with E-state index in [2.05, 4.69) is 53.3 Å². The second-order valence-corrected chi connectivity index (χ2v) is 9.72. The zero-order chi connectivity index (χ0) is 25.5. The van der Waals surface area contributed by atoms with Crippen molar-refractivity contribution in [1.82, 2.24) is 16.0 Å². The molecule has 0 aromatic heterocycles. The molecule has 0 radical (unpaired) electrons. The highest BCUT2D eigenvalue weighted by molar-refractivity contribution is 6.00. The summed E-state index contributed by atoms with van der Waals surface area (Å²) in [6, 6.07) is 19.6. The van der Waals surface area contributed by atoms with Gasteiger partial charge < -0.3 is 21.3 Å². The lowest BCUT2D eigenvalue weighted by atomic mass is 9.99. The third kappa shape index (κ3) is 7.13. The third-order valence-corrected chi connectivity index (χ3v) is 5.97. The van der Waals surface area contributed by atoms with E-state index in [4.69, 9.17) is 0 Å². The Hall–Kier alpha value is -3.22. The smallest absolute Gasteiger partial charge is 0.252 e. The van der Waals surface area contributed by atoms with Crippen molar-refractivity contribution >= 4 is 28.3 Å². The lowest BCUT2D eigenvalue weighted by Crippen LogP contribution is -2.50. The van der Waals surface area contributed by atoms with Gasteiger partial charge in [-0.25, -0.2) is 0 Å². The molecule has 0 spiro atoms. The number of rotatable bonds is 10. The summed E-state index contributed by atoms with van der Waals surface area (Å²) in [4.78, 5) is 26.2. The Morgan fingerprint density at radius 2 is 1.57 bits per heavy atom. The number of fused-ring (bicyclic) bond motifs is 1. The summed E-state index contributed by atoms with van der Waals surface area (Å²) >= 11 is 0. The minimum Gasteiger partial charge on any atom is -0.345 e. The molecule has 3 aromatic carbocycles. The zero-order valence-electron chi connectivity index (χ0n) is 21.6. The van der Waals surface area contributed by atoms with Crippen LogP contribution in [0.4, 0.5) is 5.69 Å². The number of anilines is 1. The quantitative estimate of drug-likeness (QED) is 0.335. The molecule has 0 heterocycles. The first kappa shape index (κ1) is 26.4. The van der Waals surface area contributed by atoms with E-state index < -0.39 is 0 Å². The number of amides is 2. The molecular formula is C29H38N4O2. The first-order valence-corrected chi connectivity index (χ1v) is 12.3. The van der Waals surface area contributed by atoms with Crippen LogP contribution in [-0.2, 0) is 4.79 Å². The summed E-state index contributed by atoms with van der Waals surface area (Å²) < 4.78 is 0. The maximum Gasteiger partial charge on any atom is 0.252 e. The van der Waals surface area contributed by atoms with Crippen molar-refractivity contribution in [3.05, 3.63) is 77.4 Å². The molecule has 2 atom stereocenters. The highest BCUT2D eigenvalue weighted by Crippen LogP contribution is 2.25. The fraction of sp³-hybridized carbons (Fsp3) is 0.379. The van der Waals surface area contributed by atoms with Gasteiger partial charge in [0.1, 0.15) is 0 Å². The summed E-state index contributed by atoms with van der Waals surface area (Å²) in [5.41, 5.74) is 3.06. The Morgan fingerprint density at radius 1 is 0.857 bits per heavy atom. The number of carbonyl (C=O) groups is 2. The number of carbonyl (C=O) groups excluding carboxylic acids is 2. The number of hydrogen-bond acceptors (Lipinski definition) is 4. The second-order valence-electron chi connectivity index (χ2n) is 9.72. The summed E-state index contributed by atoms with van der Waals surface area (Å²) in [6.07, 6.45) is 0. The molecule has 3 rings (SSSR count). The van der Waals surface area contributed by atoms with E-state index in [0.717, 1.165) is 21.9 Å². The van der Waals surface area contributed by atoms with Gasteiger partial charge in [-0.2, -0.15) is 0 Å². The molecule has 2 amide bonds. The van der Waals surface area contributed by atoms with Crippen molar-refractivity contribution in [3.8, 4) is 0 Å². The van der Waals surface area contributed by atoms with E-state index in [1.165, 1.54) is 0 Å². The minimum absolute atomic E-state index is 0.133. The van der Waals surface area contributed by atoms with Crippen LogP contribution in [0.25, 0.3) is 10.8 Å². The summed E-state index contributed by atoms with van der Waals surface area (Å²) in [5.74, 6) is -0.302. The van der Waals surface area contributed by atoms with Gasteiger partial charge >= 0.3 is 0 Å². The van der Waals surface area contributed by atoms with Gasteiger partial charge in [0.2, 0.25) is 5.91 Å². The van der Waals surface area contributed by atoms with Crippen molar-refractivity contribution in [2.24, 2.45) is 0 Å². The van der Waals surface area contributed by atoms with Crippen LogP contribution in [0.2, 0.25) is 0 Å². The molecule has 0 aliphatic heterocycles. The van der Waals surface area contributed by atoms with E-state index in [1.807, 2.05) is 64.1 Å². The van der Waals surface area contributed by atoms with Crippen LogP contribution in [0.15, 0.2) is 60.7 Å². The average Bonchev–Trinajstić information content (AvgIpc) is 2.82. The molecule has 6 heteroatoms. The normalized spacial score (nSPS) is 13.1. The first-order valence-electron chi connectivity index (χ1n) is 12.3. The standard InChI is InChI=1S/C29H38N4O2/c1-18(2)30-17-27(31-19(3)4)29(35)33-23-15-14-20(5)26(16-23)28(34)32-21(6)24-13-9-11-22-10-7-8-12-25(22)24/h7-16,18-19,21,27,30-31H,17H2,1-6H3,(H,32,34)(H,33,35)/t21-,27+/m1/s1. The van der Waals surface area contributed by atoms with Crippen molar-refractivity contribution in [2.75, 3.05) is 11.9 Å². The minimum atomic E-state index is -0.387. The molecule has 0 unspecified atom stereocenters. The predicted molar refractivity (Wildman–Crippen MR) is 145 cm³/mol. The van der Waals surface area contributed by atoms with Crippen LogP contribution in [0.5, 0.6) is 0 Å². The van der Waals surface area contributed by atoms with Gasteiger partial charge in [-0.15, -0.1) is 0 Å². The fourth-order valence-electron chi connectivity index (χ4n) is 4.14. The lowest BCUT2D eigenvalue weighted by Gasteiger charge is -2.23. The Bertz CT molecular complexity index is 1170. The molecule has 0 saturated heterocycles. The Morgan fingerprint density at radius 3 is 2.29 bits per heavy atom. The van der Waals surface area contributed by atoms with Crippen LogP contribution >= 0.6 is 0 Å². The Balaban J connectivity index is 1.75. The maximum absolute atomic E-state index is 13.2. The maximum atomic E-state index is 13.2. The second kappa shape index (κ2) is 12.0. The number of benzene rings is 3. The Kier molecular flexibility index (Phi) is 9.01. The molecule has 0 fully saturated rings. The topological polar surface area (TPSA) is 82.3 Å². The zero-order valence-corrected chi connectivity index (χ0v) is 21.6. The van der Waals surface area contributed by atoms with Gasteiger partial charge in [-0.05, 0) is 47.9 Å². The molecule has 35 heavy (non-hydrogen) atoms. The summed E-state index contributed by atoms with van der Waals surface area (Å²) in [7, 11) is 0. The monoisotopic (exact) mass is 474 g/mol. The molecule has 0 bridgehead atoms. The van der Waals surface area contributed by atoms with E-state index in [9.17, 15) is 9.59 Å². The van der Waals surface area contributed by atoms with Crippen LogP contribution in [0.1, 0.15) is 62.1 Å². The number of nitrogens with one attached hydrogen (secondary N) is 4. The van der Waals surface area contributed by atoms with E-state index >= 15 is 0 Å². The molecular weight excluding hydrogens is 436 g/mol. The highest BCUT2D eigenvalue weighted by Gasteiger charge is 2.21. The number of hydrogen-bond donors (Lipinski definition) is 4. The van der Waals surface area contributed by atoms with Crippen molar-refractivity contribution < 1.29 is 9.59 Å². The van der Waals surface area contributed by atoms with Gasteiger partial charge in [0.25, 0.3) is 5.91 Å². The van der Waals surface area contributed by atoms with Crippen LogP contribution in [0.3, 0.4) is 0 Å². The summed E-state index contributed by atoms with van der Waals surface area (Å²) in [6.45, 7) is 12.5. The lowest BCUT2D eigenvalue weighted by molar-refractivity contribution is -0.118. The van der Waals surface area contributed by atoms with Gasteiger partial charge in [0.15, 0.2) is 0 Å². The molecule has 0 aliphatic carbocycles. The van der Waals surface area contributed by atoms with E-state index in [0.29, 0.717) is 17.8 Å². The van der Waals surface area contributed by atoms with Gasteiger partial charge in [-0.1, -0.05) is 76.2 Å². The van der Waals surface area contributed by atoms with E-state index in [1.54, 1.807) is 6.07 Å². The van der Waals surface area contributed by atoms with Crippen molar-refractivity contribution in [3.63, 3.8) is 0 Å². The first-order chi connectivity index (χ1) is 16.7. The fourth-order valence-corrected chi connectivity index (χ4v) is 4.14. The highest BCUT2D eigenvalue weighted by atomic mass is 16.2. The number of aryl methyl sites for hydroxylation is 1. The van der Waals surface area contributed by atoms with Crippen LogP contribution in [-0.4, -0.2) is 36.5 Å². The predicted octanol–water partition coefficient (Wildman–Crippen LogP) is 4.94. The van der Waals surface area contributed by atoms with Crippen molar-refractivity contribution in [1.29, 1.82) is 0 Å². The molecule has 6 nitrogen and oxygen atoms in total. The largest absolute Gasteiger partial charge is 0.345 e. The van der Waals surface area contributed by atoms with Gasteiger partial charge in [0, 0.05) is 29.9 Å². The molecule has 186 valence electrons. The molecule has 0 saturated carbocycles. The Labute approximate surface area is 208 Å². The van der Waals surface area contributed by atoms with Gasteiger partial charge in [0.05, 0.1) is 12.1 Å². The SMILES string of the molecule is Cc1ccc(NC(=O)[C@H](CNC(C)C)NC(C)C)cc1C(=O)N[C@H](C)c1cccc2ccccc12. The molecule has 0 aliphatic rings. The summed E-state index contributed by atoms with van der Waals surface area (Å²) in [5, 5.41) is 15.0. The van der Waals surface area contributed by atoms with Gasteiger partial charge in [-0.3, -0.25) is 9.59 Å². The van der Waals surface area contributed by atoms with Crippen LogP contribution in [0, 0.1) is 6.92 Å². The van der Waals surface area contributed by atoms with Crippen molar-refractivity contribution in [2.45, 2.75) is 65.7 Å². The van der Waals surface area contributed by atoms with Crippen LogP contribution < -0.4 is 21.3 Å². The van der Waals surface area contributed by atoms with E-state index in [-0.39, 0.29) is 36.0 Å². The third-order valence-electron chi connectivity index (χ3n) is 5.97. The average molecular weight is 475 g/mol. The molecule has 3 aromatic rings.